The Labute approximate surface area is 145 Å². The number of carboxylic acid groups (broad SMARTS) is 1. The topological polar surface area (TPSA) is 93.5 Å². The zero-order valence-electron chi connectivity index (χ0n) is 14.0. The summed E-state index contributed by atoms with van der Waals surface area (Å²) in [6, 6.07) is 9.44. The number of ether oxygens (including phenoxy) is 1. The fourth-order valence-electron chi connectivity index (χ4n) is 3.12. The Morgan fingerprint density at radius 3 is 2.48 bits per heavy atom. The first-order valence-electron chi connectivity index (χ1n) is 8.31. The van der Waals surface area contributed by atoms with Gasteiger partial charge in [0.15, 0.2) is 11.4 Å². The number of para-hydroxylation sites is 1. The van der Waals surface area contributed by atoms with Crippen molar-refractivity contribution in [2.45, 2.75) is 31.7 Å². The summed E-state index contributed by atoms with van der Waals surface area (Å²) in [6.07, 6.45) is 4.14. The molecule has 1 heterocycles. The van der Waals surface area contributed by atoms with Gasteiger partial charge in [-0.25, -0.2) is 4.68 Å². The van der Waals surface area contributed by atoms with Gasteiger partial charge in [0.2, 0.25) is 0 Å². The number of nitrogens with zero attached hydrogens (tertiary/aromatic N) is 2. The number of amides is 1. The van der Waals surface area contributed by atoms with E-state index in [0.29, 0.717) is 31.4 Å². The van der Waals surface area contributed by atoms with Gasteiger partial charge in [-0.2, -0.15) is 5.10 Å². The van der Waals surface area contributed by atoms with E-state index in [0.717, 1.165) is 5.69 Å². The molecule has 2 aromatic rings. The number of carboxylic acids is 1. The Balaban J connectivity index is 1.70. The number of nitrogens with one attached hydrogen (secondary N) is 1. The van der Waals surface area contributed by atoms with Crippen molar-refractivity contribution in [2.24, 2.45) is 5.92 Å². The van der Waals surface area contributed by atoms with Crippen LogP contribution in [0.5, 0.6) is 5.75 Å². The molecular weight excluding hydrogens is 322 g/mol. The number of carbonyl (C=O) groups excluding carboxylic acids is 1. The van der Waals surface area contributed by atoms with E-state index >= 15 is 0 Å². The number of carbonyl (C=O) groups is 2. The lowest BCUT2D eigenvalue weighted by molar-refractivity contribution is -0.142. The van der Waals surface area contributed by atoms with Crippen molar-refractivity contribution in [1.82, 2.24) is 15.1 Å². The number of hydrogen-bond acceptors (Lipinski definition) is 4. The van der Waals surface area contributed by atoms with Crippen molar-refractivity contribution in [3.05, 3.63) is 42.2 Å². The van der Waals surface area contributed by atoms with Crippen LogP contribution in [-0.2, 0) is 4.79 Å². The number of rotatable bonds is 5. The molecule has 0 bridgehead atoms. The zero-order valence-corrected chi connectivity index (χ0v) is 14.0. The van der Waals surface area contributed by atoms with E-state index in [1.54, 1.807) is 10.9 Å². The molecule has 7 nitrogen and oxygen atoms in total. The van der Waals surface area contributed by atoms with Gasteiger partial charge in [0, 0.05) is 6.04 Å². The molecular formula is C18H21N3O4. The molecule has 0 radical (unpaired) electrons. The van der Waals surface area contributed by atoms with E-state index in [9.17, 15) is 9.59 Å². The summed E-state index contributed by atoms with van der Waals surface area (Å²) in [5.74, 6) is -0.959. The molecule has 1 amide bonds. The lowest BCUT2D eigenvalue weighted by atomic mass is 9.86. The molecule has 0 spiro atoms. The average molecular weight is 343 g/mol. The molecule has 0 atom stereocenters. The van der Waals surface area contributed by atoms with Crippen LogP contribution in [0, 0.1) is 5.92 Å². The highest BCUT2D eigenvalue weighted by molar-refractivity contribution is 5.95. The van der Waals surface area contributed by atoms with Crippen molar-refractivity contribution < 1.29 is 19.4 Å². The second-order valence-corrected chi connectivity index (χ2v) is 6.19. The minimum absolute atomic E-state index is 0.0327. The predicted octanol–water partition coefficient (Wildman–Crippen LogP) is 2.25. The zero-order chi connectivity index (χ0) is 17.8. The van der Waals surface area contributed by atoms with Crippen LogP contribution in [0.25, 0.3) is 5.69 Å². The van der Waals surface area contributed by atoms with Crippen LogP contribution in [0.4, 0.5) is 0 Å². The maximum Gasteiger partial charge on any atom is 0.306 e. The highest BCUT2D eigenvalue weighted by Crippen LogP contribution is 2.25. The van der Waals surface area contributed by atoms with E-state index in [2.05, 4.69) is 10.4 Å². The molecule has 3 rings (SSSR count). The third-order valence-corrected chi connectivity index (χ3v) is 4.55. The SMILES string of the molecule is COc1cn(-c2ccccc2)nc1C(=O)NC1CCC(C(=O)O)CC1. The Hall–Kier alpha value is -2.83. The summed E-state index contributed by atoms with van der Waals surface area (Å²) in [4.78, 5) is 23.6. The van der Waals surface area contributed by atoms with Gasteiger partial charge in [0.1, 0.15) is 0 Å². The first-order valence-corrected chi connectivity index (χ1v) is 8.31. The average Bonchev–Trinajstić information content (AvgIpc) is 3.07. The van der Waals surface area contributed by atoms with Crippen molar-refractivity contribution in [3.8, 4) is 11.4 Å². The van der Waals surface area contributed by atoms with Gasteiger partial charge in [-0.1, -0.05) is 18.2 Å². The lowest BCUT2D eigenvalue weighted by Gasteiger charge is -2.26. The summed E-state index contributed by atoms with van der Waals surface area (Å²) in [5.41, 5.74) is 1.06. The molecule has 1 aliphatic carbocycles. The van der Waals surface area contributed by atoms with Crippen LogP contribution in [0.1, 0.15) is 36.2 Å². The Kier molecular flexibility index (Phi) is 5.02. The van der Waals surface area contributed by atoms with E-state index in [4.69, 9.17) is 9.84 Å². The van der Waals surface area contributed by atoms with Crippen molar-refractivity contribution in [2.75, 3.05) is 7.11 Å². The van der Waals surface area contributed by atoms with E-state index in [1.165, 1.54) is 7.11 Å². The van der Waals surface area contributed by atoms with Gasteiger partial charge < -0.3 is 15.2 Å². The Morgan fingerprint density at radius 1 is 1.20 bits per heavy atom. The second kappa shape index (κ2) is 7.38. The van der Waals surface area contributed by atoms with E-state index in [-0.39, 0.29) is 23.6 Å². The molecule has 1 aromatic heterocycles. The van der Waals surface area contributed by atoms with Gasteiger partial charge in [-0.3, -0.25) is 9.59 Å². The first-order chi connectivity index (χ1) is 12.1. The highest BCUT2D eigenvalue weighted by atomic mass is 16.5. The van der Waals surface area contributed by atoms with Crippen LogP contribution >= 0.6 is 0 Å². The number of benzene rings is 1. The molecule has 0 aliphatic heterocycles. The number of aromatic nitrogens is 2. The summed E-state index contributed by atoms with van der Waals surface area (Å²) in [6.45, 7) is 0. The van der Waals surface area contributed by atoms with Crippen LogP contribution in [-0.4, -0.2) is 39.9 Å². The highest BCUT2D eigenvalue weighted by Gasteiger charge is 2.28. The van der Waals surface area contributed by atoms with E-state index < -0.39 is 5.97 Å². The largest absolute Gasteiger partial charge is 0.493 e. The molecule has 1 aromatic carbocycles. The quantitative estimate of drug-likeness (QED) is 0.868. The van der Waals surface area contributed by atoms with Crippen LogP contribution in [0.15, 0.2) is 36.5 Å². The fraction of sp³-hybridized carbons (Fsp3) is 0.389. The molecule has 0 saturated heterocycles. The number of methoxy groups -OCH3 is 1. The van der Waals surface area contributed by atoms with Gasteiger partial charge in [0.05, 0.1) is 24.9 Å². The number of aliphatic carboxylic acids is 1. The van der Waals surface area contributed by atoms with Gasteiger partial charge in [-0.15, -0.1) is 0 Å². The second-order valence-electron chi connectivity index (χ2n) is 6.19. The molecule has 0 unspecified atom stereocenters. The van der Waals surface area contributed by atoms with Gasteiger partial charge >= 0.3 is 5.97 Å². The summed E-state index contributed by atoms with van der Waals surface area (Å²) >= 11 is 0. The lowest BCUT2D eigenvalue weighted by Crippen LogP contribution is -2.39. The summed E-state index contributed by atoms with van der Waals surface area (Å²) < 4.78 is 6.89. The maximum atomic E-state index is 12.6. The minimum atomic E-state index is -0.756. The minimum Gasteiger partial charge on any atom is -0.493 e. The van der Waals surface area contributed by atoms with Crippen LogP contribution in [0.3, 0.4) is 0 Å². The smallest absolute Gasteiger partial charge is 0.306 e. The first kappa shape index (κ1) is 17.0. The van der Waals surface area contributed by atoms with Crippen molar-refractivity contribution in [3.63, 3.8) is 0 Å². The molecule has 7 heteroatoms. The standard InChI is InChI=1S/C18H21N3O4/c1-25-15-11-21(14-5-3-2-4-6-14)20-16(15)17(22)19-13-9-7-12(8-10-13)18(23)24/h2-6,11-13H,7-10H2,1H3,(H,19,22)(H,23,24). The van der Waals surface area contributed by atoms with Crippen molar-refractivity contribution in [1.29, 1.82) is 0 Å². The molecule has 25 heavy (non-hydrogen) atoms. The summed E-state index contributed by atoms with van der Waals surface area (Å²) in [5, 5.41) is 16.3. The third kappa shape index (κ3) is 3.81. The fourth-order valence-corrected chi connectivity index (χ4v) is 3.12. The maximum absolute atomic E-state index is 12.6. The van der Waals surface area contributed by atoms with Gasteiger partial charge in [0.25, 0.3) is 5.91 Å². The van der Waals surface area contributed by atoms with E-state index in [1.807, 2.05) is 30.3 Å². The predicted molar refractivity (Wildman–Crippen MR) is 91.0 cm³/mol. The summed E-state index contributed by atoms with van der Waals surface area (Å²) in [7, 11) is 1.50. The molecule has 2 N–H and O–H groups in total. The van der Waals surface area contributed by atoms with Gasteiger partial charge in [-0.05, 0) is 37.8 Å². The molecule has 1 fully saturated rings. The monoisotopic (exact) mass is 343 g/mol. The Morgan fingerprint density at radius 2 is 1.88 bits per heavy atom. The van der Waals surface area contributed by atoms with Crippen LogP contribution in [0.2, 0.25) is 0 Å². The molecule has 1 aliphatic rings. The van der Waals surface area contributed by atoms with Crippen LogP contribution < -0.4 is 10.1 Å². The number of hydrogen-bond donors (Lipinski definition) is 2. The molecule has 132 valence electrons. The van der Waals surface area contributed by atoms with Crippen molar-refractivity contribution >= 4 is 11.9 Å². The Bertz CT molecular complexity index is 749. The normalized spacial score (nSPS) is 20.0. The third-order valence-electron chi connectivity index (χ3n) is 4.55. The molecule has 1 saturated carbocycles.